The van der Waals surface area contributed by atoms with Crippen molar-refractivity contribution >= 4 is 5.95 Å². The SMILES string of the molecule is COc1ccnc(NCc2cccnn2)n1. The summed E-state index contributed by atoms with van der Waals surface area (Å²) in [6, 6.07) is 5.39. The van der Waals surface area contributed by atoms with E-state index in [1.807, 2.05) is 12.1 Å². The van der Waals surface area contributed by atoms with Gasteiger partial charge in [-0.2, -0.15) is 15.2 Å². The molecule has 0 unspecified atom stereocenters. The van der Waals surface area contributed by atoms with E-state index in [2.05, 4.69) is 25.5 Å². The summed E-state index contributed by atoms with van der Waals surface area (Å²) in [6.07, 6.45) is 3.26. The van der Waals surface area contributed by atoms with Gasteiger partial charge in [0.2, 0.25) is 11.8 Å². The highest BCUT2D eigenvalue weighted by Gasteiger charge is 1.99. The smallest absolute Gasteiger partial charge is 0.226 e. The van der Waals surface area contributed by atoms with E-state index in [1.165, 1.54) is 0 Å². The van der Waals surface area contributed by atoms with Gasteiger partial charge in [-0.15, -0.1) is 0 Å². The number of rotatable bonds is 4. The predicted octanol–water partition coefficient (Wildman–Crippen LogP) is 0.887. The quantitative estimate of drug-likeness (QED) is 0.819. The third-order valence-corrected chi connectivity index (χ3v) is 1.89. The van der Waals surface area contributed by atoms with Gasteiger partial charge in [-0.3, -0.25) is 0 Å². The summed E-state index contributed by atoms with van der Waals surface area (Å²) < 4.78 is 4.99. The maximum Gasteiger partial charge on any atom is 0.226 e. The number of hydrogen-bond acceptors (Lipinski definition) is 6. The Balaban J connectivity index is 1.99. The molecule has 0 bridgehead atoms. The summed E-state index contributed by atoms with van der Waals surface area (Å²) in [4.78, 5) is 8.17. The molecule has 0 amide bonds. The molecule has 6 heteroatoms. The van der Waals surface area contributed by atoms with Gasteiger partial charge in [-0.05, 0) is 12.1 Å². The average Bonchev–Trinajstić information content (AvgIpc) is 2.38. The van der Waals surface area contributed by atoms with Crippen molar-refractivity contribution in [1.29, 1.82) is 0 Å². The third kappa shape index (κ3) is 2.63. The van der Waals surface area contributed by atoms with Gasteiger partial charge in [-0.1, -0.05) is 0 Å². The van der Waals surface area contributed by atoms with Crippen molar-refractivity contribution in [3.63, 3.8) is 0 Å². The molecular weight excluding hydrogens is 206 g/mol. The van der Waals surface area contributed by atoms with Crippen LogP contribution >= 0.6 is 0 Å². The monoisotopic (exact) mass is 217 g/mol. The molecule has 2 aromatic heterocycles. The molecule has 16 heavy (non-hydrogen) atoms. The van der Waals surface area contributed by atoms with E-state index >= 15 is 0 Å². The van der Waals surface area contributed by atoms with Crippen LogP contribution < -0.4 is 10.1 Å². The van der Waals surface area contributed by atoms with Crippen molar-refractivity contribution in [3.05, 3.63) is 36.3 Å². The number of aromatic nitrogens is 4. The first-order valence-electron chi connectivity index (χ1n) is 4.76. The van der Waals surface area contributed by atoms with Crippen LogP contribution in [0.2, 0.25) is 0 Å². The van der Waals surface area contributed by atoms with Gasteiger partial charge in [0.15, 0.2) is 0 Å². The second-order valence-electron chi connectivity index (χ2n) is 2.99. The highest BCUT2D eigenvalue weighted by atomic mass is 16.5. The van der Waals surface area contributed by atoms with Crippen LogP contribution in [0, 0.1) is 0 Å². The Hall–Kier alpha value is -2.24. The second kappa shape index (κ2) is 5.01. The van der Waals surface area contributed by atoms with Crippen molar-refractivity contribution in [2.45, 2.75) is 6.54 Å². The predicted molar refractivity (Wildman–Crippen MR) is 57.9 cm³/mol. The van der Waals surface area contributed by atoms with Crippen LogP contribution in [0.15, 0.2) is 30.6 Å². The van der Waals surface area contributed by atoms with Crippen molar-refractivity contribution < 1.29 is 4.74 Å². The number of ether oxygens (including phenoxy) is 1. The van der Waals surface area contributed by atoms with E-state index in [9.17, 15) is 0 Å². The van der Waals surface area contributed by atoms with E-state index < -0.39 is 0 Å². The molecule has 0 saturated heterocycles. The molecule has 0 saturated carbocycles. The van der Waals surface area contributed by atoms with Crippen LogP contribution in [0.4, 0.5) is 5.95 Å². The van der Waals surface area contributed by atoms with Crippen molar-refractivity contribution in [2.24, 2.45) is 0 Å². The van der Waals surface area contributed by atoms with Crippen LogP contribution in [0.3, 0.4) is 0 Å². The molecule has 0 aliphatic rings. The average molecular weight is 217 g/mol. The Morgan fingerprint density at radius 1 is 1.31 bits per heavy atom. The van der Waals surface area contributed by atoms with Gasteiger partial charge in [0, 0.05) is 18.5 Å². The first-order valence-corrected chi connectivity index (χ1v) is 4.76. The molecule has 0 radical (unpaired) electrons. The van der Waals surface area contributed by atoms with Crippen molar-refractivity contribution in [3.8, 4) is 5.88 Å². The lowest BCUT2D eigenvalue weighted by molar-refractivity contribution is 0.397. The fourth-order valence-corrected chi connectivity index (χ4v) is 1.14. The van der Waals surface area contributed by atoms with Crippen LogP contribution in [-0.4, -0.2) is 27.3 Å². The summed E-state index contributed by atoms with van der Waals surface area (Å²) in [5.74, 6) is 1.03. The first kappa shape index (κ1) is 10.3. The number of nitrogens with zero attached hydrogens (tertiary/aromatic N) is 4. The molecule has 1 N–H and O–H groups in total. The van der Waals surface area contributed by atoms with Crippen LogP contribution in [-0.2, 0) is 6.54 Å². The number of hydrogen-bond donors (Lipinski definition) is 1. The first-order chi connectivity index (χ1) is 7.88. The zero-order valence-corrected chi connectivity index (χ0v) is 8.79. The van der Waals surface area contributed by atoms with Gasteiger partial charge >= 0.3 is 0 Å². The standard InChI is InChI=1S/C10H11N5O/c1-16-9-4-6-11-10(14-9)12-7-8-3-2-5-13-15-8/h2-6H,7H2,1H3,(H,11,12,14). The minimum Gasteiger partial charge on any atom is -0.481 e. The molecule has 82 valence electrons. The number of anilines is 1. The Bertz CT molecular complexity index is 448. The van der Waals surface area contributed by atoms with Crippen LogP contribution in [0.5, 0.6) is 5.88 Å². The van der Waals surface area contributed by atoms with Gasteiger partial charge in [0.1, 0.15) is 0 Å². The van der Waals surface area contributed by atoms with E-state index in [0.29, 0.717) is 18.4 Å². The number of methoxy groups -OCH3 is 1. The third-order valence-electron chi connectivity index (χ3n) is 1.89. The minimum absolute atomic E-state index is 0.505. The molecule has 2 rings (SSSR count). The largest absolute Gasteiger partial charge is 0.481 e. The fraction of sp³-hybridized carbons (Fsp3) is 0.200. The van der Waals surface area contributed by atoms with E-state index in [4.69, 9.17) is 4.74 Å². The minimum atomic E-state index is 0.505. The molecule has 2 aromatic rings. The molecule has 0 aromatic carbocycles. The molecule has 6 nitrogen and oxygen atoms in total. The molecule has 0 fully saturated rings. The lowest BCUT2D eigenvalue weighted by Crippen LogP contribution is -2.05. The van der Waals surface area contributed by atoms with E-state index in [0.717, 1.165) is 5.69 Å². The van der Waals surface area contributed by atoms with Gasteiger partial charge in [-0.25, -0.2) is 4.98 Å². The van der Waals surface area contributed by atoms with Crippen LogP contribution in [0.25, 0.3) is 0 Å². The lowest BCUT2D eigenvalue weighted by Gasteiger charge is -2.04. The summed E-state index contributed by atoms with van der Waals surface area (Å²) in [5.41, 5.74) is 0.828. The Kier molecular flexibility index (Phi) is 3.22. The van der Waals surface area contributed by atoms with Crippen molar-refractivity contribution in [1.82, 2.24) is 20.2 Å². The Morgan fingerprint density at radius 2 is 2.25 bits per heavy atom. The summed E-state index contributed by atoms with van der Waals surface area (Å²) in [6.45, 7) is 0.529. The molecule has 2 heterocycles. The summed E-state index contributed by atoms with van der Waals surface area (Å²) in [5, 5.41) is 10.7. The van der Waals surface area contributed by atoms with E-state index in [-0.39, 0.29) is 0 Å². The maximum absolute atomic E-state index is 4.99. The van der Waals surface area contributed by atoms with Crippen LogP contribution in [0.1, 0.15) is 5.69 Å². The Labute approximate surface area is 92.7 Å². The summed E-state index contributed by atoms with van der Waals surface area (Å²) >= 11 is 0. The van der Waals surface area contributed by atoms with Gasteiger partial charge < -0.3 is 10.1 Å². The molecule has 0 aliphatic heterocycles. The maximum atomic E-state index is 4.99. The zero-order chi connectivity index (χ0) is 11.2. The van der Waals surface area contributed by atoms with Gasteiger partial charge in [0.25, 0.3) is 0 Å². The second-order valence-corrected chi connectivity index (χ2v) is 2.99. The van der Waals surface area contributed by atoms with Crippen molar-refractivity contribution in [2.75, 3.05) is 12.4 Å². The Morgan fingerprint density at radius 3 is 3.00 bits per heavy atom. The molecule has 0 spiro atoms. The zero-order valence-electron chi connectivity index (χ0n) is 8.79. The molecule has 0 aliphatic carbocycles. The topological polar surface area (TPSA) is 72.8 Å². The summed E-state index contributed by atoms with van der Waals surface area (Å²) in [7, 11) is 1.56. The van der Waals surface area contributed by atoms with E-state index in [1.54, 1.807) is 25.6 Å². The highest BCUT2D eigenvalue weighted by molar-refractivity contribution is 5.28. The fourth-order valence-electron chi connectivity index (χ4n) is 1.14. The van der Waals surface area contributed by atoms with Gasteiger partial charge in [0.05, 0.1) is 19.3 Å². The molecule has 0 atom stereocenters. The number of nitrogens with one attached hydrogen (secondary N) is 1. The molecular formula is C10H11N5O. The highest BCUT2D eigenvalue weighted by Crippen LogP contribution is 2.07. The lowest BCUT2D eigenvalue weighted by atomic mass is 10.4. The normalized spacial score (nSPS) is 9.81.